The molecule has 0 saturated carbocycles. The zero-order valence-electron chi connectivity index (χ0n) is 16.3. The summed E-state index contributed by atoms with van der Waals surface area (Å²) in [6, 6.07) is 3.39. The molecular formula is C20H19F3N4O3. The number of amides is 1. The van der Waals surface area contributed by atoms with Gasteiger partial charge in [0.2, 0.25) is 0 Å². The third-order valence-electron chi connectivity index (χ3n) is 5.41. The van der Waals surface area contributed by atoms with Gasteiger partial charge in [-0.25, -0.2) is 4.98 Å². The standard InChI is InChI=1S/C20H19F3N4O3/c1-10-17(11(2)30-26-10)19(29)27-7-3-4-12(9-27)14-8-15-13(18(28)25-14)5-6-16(24-15)20(21,22)23/h5-6,8,12H,3-4,7,9H2,1-2H3,(H,25,28). The van der Waals surface area contributed by atoms with Crippen LogP contribution in [0.4, 0.5) is 13.2 Å². The van der Waals surface area contributed by atoms with Crippen LogP contribution < -0.4 is 5.56 Å². The van der Waals surface area contributed by atoms with Crippen LogP contribution in [0.1, 0.15) is 52.0 Å². The van der Waals surface area contributed by atoms with Crippen LogP contribution in [0.15, 0.2) is 27.5 Å². The number of likely N-dealkylation sites (tertiary alicyclic amines) is 1. The lowest BCUT2D eigenvalue weighted by atomic mass is 9.93. The predicted molar refractivity (Wildman–Crippen MR) is 101 cm³/mol. The van der Waals surface area contributed by atoms with E-state index in [0.29, 0.717) is 48.6 Å². The van der Waals surface area contributed by atoms with Crippen LogP contribution in [0.5, 0.6) is 0 Å². The number of carbonyl (C=O) groups is 1. The Balaban J connectivity index is 1.66. The fraction of sp³-hybridized carbons (Fsp3) is 0.400. The van der Waals surface area contributed by atoms with Gasteiger partial charge in [0, 0.05) is 24.7 Å². The minimum absolute atomic E-state index is 0.0160. The van der Waals surface area contributed by atoms with Crippen LogP contribution in [0.3, 0.4) is 0 Å². The molecule has 158 valence electrons. The van der Waals surface area contributed by atoms with E-state index in [-0.39, 0.29) is 22.7 Å². The summed E-state index contributed by atoms with van der Waals surface area (Å²) in [5.41, 5.74) is -0.182. The van der Waals surface area contributed by atoms with E-state index in [1.54, 1.807) is 18.7 Å². The second kappa shape index (κ2) is 7.26. The summed E-state index contributed by atoms with van der Waals surface area (Å²) in [4.78, 5) is 33.4. The Kier molecular flexibility index (Phi) is 4.87. The second-order valence-electron chi connectivity index (χ2n) is 7.47. The third-order valence-corrected chi connectivity index (χ3v) is 5.41. The van der Waals surface area contributed by atoms with E-state index in [4.69, 9.17) is 4.52 Å². The highest BCUT2D eigenvalue weighted by atomic mass is 19.4. The third kappa shape index (κ3) is 3.57. The van der Waals surface area contributed by atoms with E-state index in [2.05, 4.69) is 15.1 Å². The summed E-state index contributed by atoms with van der Waals surface area (Å²) in [6.07, 6.45) is -3.22. The molecule has 1 saturated heterocycles. The first-order valence-electron chi connectivity index (χ1n) is 9.48. The number of hydrogen-bond acceptors (Lipinski definition) is 5. The van der Waals surface area contributed by atoms with Gasteiger partial charge in [0.05, 0.1) is 16.6 Å². The molecule has 4 heterocycles. The molecule has 0 spiro atoms. The van der Waals surface area contributed by atoms with Crippen LogP contribution in [-0.4, -0.2) is 39.0 Å². The highest BCUT2D eigenvalue weighted by Crippen LogP contribution is 2.31. The van der Waals surface area contributed by atoms with Gasteiger partial charge >= 0.3 is 6.18 Å². The van der Waals surface area contributed by atoms with Crippen molar-refractivity contribution in [2.24, 2.45) is 0 Å². The van der Waals surface area contributed by atoms with E-state index < -0.39 is 17.4 Å². The average Bonchev–Trinajstić information content (AvgIpc) is 3.04. The van der Waals surface area contributed by atoms with Crippen molar-refractivity contribution in [2.75, 3.05) is 13.1 Å². The summed E-state index contributed by atoms with van der Waals surface area (Å²) in [5, 5.41) is 3.90. The first-order valence-corrected chi connectivity index (χ1v) is 9.48. The molecule has 1 aliphatic rings. The van der Waals surface area contributed by atoms with Crippen molar-refractivity contribution in [1.82, 2.24) is 20.0 Å². The summed E-state index contributed by atoms with van der Waals surface area (Å²) in [7, 11) is 0. The molecule has 1 aliphatic heterocycles. The Bertz CT molecular complexity index is 1160. The smallest absolute Gasteiger partial charge is 0.361 e. The second-order valence-corrected chi connectivity index (χ2v) is 7.47. The molecule has 0 radical (unpaired) electrons. The van der Waals surface area contributed by atoms with Crippen LogP contribution in [0.2, 0.25) is 0 Å². The number of nitrogens with one attached hydrogen (secondary N) is 1. The first kappa shape index (κ1) is 20.1. The Morgan fingerprint density at radius 1 is 1.30 bits per heavy atom. The number of carbonyl (C=O) groups excluding carboxylic acids is 1. The van der Waals surface area contributed by atoms with Gasteiger partial charge in [-0.2, -0.15) is 13.2 Å². The Hall–Kier alpha value is -3.17. The number of piperidine rings is 1. The number of H-pyrrole nitrogens is 1. The number of fused-ring (bicyclic) bond motifs is 1. The van der Waals surface area contributed by atoms with Crippen molar-refractivity contribution >= 4 is 16.8 Å². The number of pyridine rings is 2. The number of aromatic amines is 1. The average molecular weight is 420 g/mol. The molecular weight excluding hydrogens is 401 g/mol. The number of hydrogen-bond donors (Lipinski definition) is 1. The molecule has 0 aliphatic carbocycles. The molecule has 0 bridgehead atoms. The molecule has 1 unspecified atom stereocenters. The van der Waals surface area contributed by atoms with Gasteiger partial charge in [-0.3, -0.25) is 9.59 Å². The van der Waals surface area contributed by atoms with Crippen LogP contribution in [-0.2, 0) is 6.18 Å². The maximum absolute atomic E-state index is 13.0. The fourth-order valence-corrected chi connectivity index (χ4v) is 3.90. The van der Waals surface area contributed by atoms with Crippen LogP contribution >= 0.6 is 0 Å². The number of rotatable bonds is 2. The summed E-state index contributed by atoms with van der Waals surface area (Å²) >= 11 is 0. The number of aromatic nitrogens is 3. The number of alkyl halides is 3. The fourth-order valence-electron chi connectivity index (χ4n) is 3.90. The predicted octanol–water partition coefficient (Wildman–Crippen LogP) is 3.57. The minimum Gasteiger partial charge on any atom is -0.361 e. The zero-order valence-corrected chi connectivity index (χ0v) is 16.3. The van der Waals surface area contributed by atoms with E-state index in [1.165, 1.54) is 6.07 Å². The normalized spacial score (nSPS) is 17.5. The highest BCUT2D eigenvalue weighted by molar-refractivity contribution is 5.96. The molecule has 3 aromatic rings. The van der Waals surface area contributed by atoms with Crippen molar-refractivity contribution in [2.45, 2.75) is 38.8 Å². The summed E-state index contributed by atoms with van der Waals surface area (Å²) < 4.78 is 44.1. The highest BCUT2D eigenvalue weighted by Gasteiger charge is 2.33. The van der Waals surface area contributed by atoms with Crippen molar-refractivity contribution in [3.8, 4) is 0 Å². The SMILES string of the molecule is Cc1noc(C)c1C(=O)N1CCCC(c2cc3nc(C(F)(F)F)ccc3c(=O)[nH]2)C1. The van der Waals surface area contributed by atoms with Crippen LogP contribution in [0.25, 0.3) is 10.9 Å². The van der Waals surface area contributed by atoms with Gasteiger partial charge in [0.15, 0.2) is 0 Å². The minimum atomic E-state index is -4.60. The zero-order chi connectivity index (χ0) is 21.6. The monoisotopic (exact) mass is 420 g/mol. The molecule has 30 heavy (non-hydrogen) atoms. The molecule has 1 N–H and O–H groups in total. The summed E-state index contributed by atoms with van der Waals surface area (Å²) in [6.45, 7) is 4.21. The van der Waals surface area contributed by atoms with Gasteiger partial charge in [0.1, 0.15) is 17.0 Å². The lowest BCUT2D eigenvalue weighted by molar-refractivity contribution is -0.140. The van der Waals surface area contributed by atoms with Gasteiger partial charge in [0.25, 0.3) is 11.5 Å². The van der Waals surface area contributed by atoms with E-state index in [0.717, 1.165) is 12.1 Å². The number of nitrogens with zero attached hydrogens (tertiary/aromatic N) is 3. The molecule has 1 atom stereocenters. The molecule has 1 fully saturated rings. The van der Waals surface area contributed by atoms with Gasteiger partial charge in [-0.1, -0.05) is 5.16 Å². The Morgan fingerprint density at radius 2 is 2.07 bits per heavy atom. The molecule has 4 rings (SSSR count). The van der Waals surface area contributed by atoms with Crippen molar-refractivity contribution in [3.05, 3.63) is 57.0 Å². The first-order chi connectivity index (χ1) is 14.1. The van der Waals surface area contributed by atoms with Gasteiger partial charge < -0.3 is 14.4 Å². The molecule has 3 aromatic heterocycles. The van der Waals surface area contributed by atoms with E-state index in [9.17, 15) is 22.8 Å². The largest absolute Gasteiger partial charge is 0.433 e. The van der Waals surface area contributed by atoms with E-state index >= 15 is 0 Å². The molecule has 0 aromatic carbocycles. The number of aryl methyl sites for hydroxylation is 2. The number of halogens is 3. The summed E-state index contributed by atoms with van der Waals surface area (Å²) in [5.74, 6) is -0.00389. The molecule has 10 heteroatoms. The maximum atomic E-state index is 13.0. The molecule has 7 nitrogen and oxygen atoms in total. The lowest BCUT2D eigenvalue weighted by Gasteiger charge is -2.32. The Labute approximate surface area is 168 Å². The lowest BCUT2D eigenvalue weighted by Crippen LogP contribution is -2.40. The Morgan fingerprint density at radius 3 is 2.73 bits per heavy atom. The van der Waals surface area contributed by atoms with Crippen molar-refractivity contribution < 1.29 is 22.5 Å². The van der Waals surface area contributed by atoms with Crippen LogP contribution in [0, 0.1) is 13.8 Å². The maximum Gasteiger partial charge on any atom is 0.433 e. The quantitative estimate of drug-likeness (QED) is 0.684. The molecule has 1 amide bonds. The van der Waals surface area contributed by atoms with Crippen molar-refractivity contribution in [3.63, 3.8) is 0 Å². The van der Waals surface area contributed by atoms with Gasteiger partial charge in [-0.15, -0.1) is 0 Å². The topological polar surface area (TPSA) is 92.1 Å². The van der Waals surface area contributed by atoms with Gasteiger partial charge in [-0.05, 0) is 44.9 Å². The van der Waals surface area contributed by atoms with Crippen molar-refractivity contribution in [1.29, 1.82) is 0 Å². The van der Waals surface area contributed by atoms with E-state index in [1.807, 2.05) is 0 Å².